The molecule has 32 heavy (non-hydrogen) atoms. The summed E-state index contributed by atoms with van der Waals surface area (Å²) in [5.41, 5.74) is 3.52. The molecule has 3 heterocycles. The van der Waals surface area contributed by atoms with Gasteiger partial charge in [-0.05, 0) is 50.6 Å². The van der Waals surface area contributed by atoms with Crippen LogP contribution in [0.3, 0.4) is 0 Å². The first kappa shape index (κ1) is 20.6. The van der Waals surface area contributed by atoms with Crippen LogP contribution in [0.1, 0.15) is 36.1 Å². The average Bonchev–Trinajstić information content (AvgIpc) is 3.42. The molecule has 0 radical (unpaired) electrons. The molecule has 1 saturated heterocycles. The summed E-state index contributed by atoms with van der Waals surface area (Å²) in [6.45, 7) is 4.60. The SMILES string of the molecule is COc1ccc(-c2nc(CN3CCC[C@H](c4nc5ccccc5o4)C3)c(C)o2)c(OC)c1. The van der Waals surface area contributed by atoms with Gasteiger partial charge < -0.3 is 18.3 Å². The van der Waals surface area contributed by atoms with E-state index in [4.69, 9.17) is 28.3 Å². The minimum Gasteiger partial charge on any atom is -0.497 e. The van der Waals surface area contributed by atoms with Crippen molar-refractivity contribution in [3.63, 3.8) is 0 Å². The number of fused-ring (bicyclic) bond motifs is 1. The summed E-state index contributed by atoms with van der Waals surface area (Å²) < 4.78 is 22.9. The smallest absolute Gasteiger partial charge is 0.230 e. The molecule has 2 aromatic carbocycles. The molecule has 5 rings (SSSR count). The molecule has 1 aliphatic heterocycles. The number of oxazole rings is 2. The first-order chi connectivity index (χ1) is 15.6. The summed E-state index contributed by atoms with van der Waals surface area (Å²) in [7, 11) is 3.27. The Bertz CT molecular complexity index is 1200. The van der Waals surface area contributed by atoms with Crippen molar-refractivity contribution in [2.75, 3.05) is 27.3 Å². The fraction of sp³-hybridized carbons (Fsp3) is 0.360. The second kappa shape index (κ2) is 8.67. The maximum absolute atomic E-state index is 6.04. The monoisotopic (exact) mass is 433 g/mol. The molecule has 1 atom stereocenters. The third-order valence-corrected chi connectivity index (χ3v) is 6.07. The number of ether oxygens (including phenoxy) is 2. The van der Waals surface area contributed by atoms with E-state index in [1.807, 2.05) is 49.4 Å². The third-order valence-electron chi connectivity index (χ3n) is 6.07. The van der Waals surface area contributed by atoms with Crippen LogP contribution in [0.25, 0.3) is 22.6 Å². The van der Waals surface area contributed by atoms with Crippen LogP contribution in [-0.4, -0.2) is 42.2 Å². The maximum Gasteiger partial charge on any atom is 0.230 e. The van der Waals surface area contributed by atoms with Crippen LogP contribution in [0.4, 0.5) is 0 Å². The van der Waals surface area contributed by atoms with Crippen molar-refractivity contribution in [2.24, 2.45) is 0 Å². The van der Waals surface area contributed by atoms with Crippen molar-refractivity contribution in [1.29, 1.82) is 0 Å². The van der Waals surface area contributed by atoms with Gasteiger partial charge in [-0.1, -0.05) is 12.1 Å². The van der Waals surface area contributed by atoms with Crippen molar-refractivity contribution < 1.29 is 18.3 Å². The summed E-state index contributed by atoms with van der Waals surface area (Å²) in [4.78, 5) is 11.9. The highest BCUT2D eigenvalue weighted by molar-refractivity contribution is 5.72. The standard InChI is InChI=1S/C25H27N3O4/c1-16-21(27-25(31-16)19-11-10-18(29-2)13-23(19)30-3)15-28-12-6-7-17(14-28)24-26-20-8-4-5-9-22(20)32-24/h4-5,8-11,13,17H,6-7,12,14-15H2,1-3H3/t17-/m0/s1. The highest BCUT2D eigenvalue weighted by atomic mass is 16.5. The lowest BCUT2D eigenvalue weighted by atomic mass is 9.98. The minimum atomic E-state index is 0.282. The number of hydrogen-bond donors (Lipinski definition) is 0. The number of para-hydroxylation sites is 2. The Labute approximate surface area is 187 Å². The summed E-state index contributed by atoms with van der Waals surface area (Å²) in [5.74, 6) is 3.89. The van der Waals surface area contributed by atoms with E-state index in [2.05, 4.69) is 4.90 Å². The molecular formula is C25H27N3O4. The number of piperidine rings is 1. The zero-order valence-corrected chi connectivity index (χ0v) is 18.6. The molecule has 0 spiro atoms. The van der Waals surface area contributed by atoms with Crippen LogP contribution in [0.15, 0.2) is 51.3 Å². The largest absolute Gasteiger partial charge is 0.497 e. The summed E-state index contributed by atoms with van der Waals surface area (Å²) >= 11 is 0. The Balaban J connectivity index is 1.34. The van der Waals surface area contributed by atoms with Gasteiger partial charge in [-0.2, -0.15) is 0 Å². The molecule has 0 bridgehead atoms. The van der Waals surface area contributed by atoms with Gasteiger partial charge in [-0.15, -0.1) is 0 Å². The number of nitrogens with zero attached hydrogens (tertiary/aromatic N) is 3. The van der Waals surface area contributed by atoms with Crippen LogP contribution in [0.2, 0.25) is 0 Å². The van der Waals surface area contributed by atoms with E-state index in [0.29, 0.717) is 11.6 Å². The summed E-state index contributed by atoms with van der Waals surface area (Å²) in [6.07, 6.45) is 2.18. The van der Waals surface area contributed by atoms with Crippen molar-refractivity contribution in [3.05, 3.63) is 59.8 Å². The van der Waals surface area contributed by atoms with E-state index in [0.717, 1.165) is 72.2 Å². The molecule has 0 amide bonds. The van der Waals surface area contributed by atoms with Crippen LogP contribution < -0.4 is 9.47 Å². The van der Waals surface area contributed by atoms with Gasteiger partial charge in [0.1, 0.15) is 22.8 Å². The van der Waals surface area contributed by atoms with Gasteiger partial charge in [0.25, 0.3) is 0 Å². The van der Waals surface area contributed by atoms with E-state index in [9.17, 15) is 0 Å². The maximum atomic E-state index is 6.04. The van der Waals surface area contributed by atoms with Gasteiger partial charge in [-0.3, -0.25) is 4.90 Å². The molecule has 166 valence electrons. The number of hydrogen-bond acceptors (Lipinski definition) is 7. The van der Waals surface area contributed by atoms with Crippen LogP contribution in [0.5, 0.6) is 11.5 Å². The molecule has 0 N–H and O–H groups in total. The van der Waals surface area contributed by atoms with Crippen LogP contribution >= 0.6 is 0 Å². The van der Waals surface area contributed by atoms with Crippen LogP contribution in [0, 0.1) is 6.92 Å². The van der Waals surface area contributed by atoms with E-state index >= 15 is 0 Å². The number of aromatic nitrogens is 2. The highest BCUT2D eigenvalue weighted by Crippen LogP contribution is 2.35. The number of likely N-dealkylation sites (tertiary alicyclic amines) is 1. The lowest BCUT2D eigenvalue weighted by Crippen LogP contribution is -2.34. The van der Waals surface area contributed by atoms with Crippen molar-refractivity contribution in [2.45, 2.75) is 32.2 Å². The van der Waals surface area contributed by atoms with E-state index in [1.54, 1.807) is 14.2 Å². The van der Waals surface area contributed by atoms with Gasteiger partial charge in [0.15, 0.2) is 11.5 Å². The Morgan fingerprint density at radius 2 is 1.94 bits per heavy atom. The average molecular weight is 434 g/mol. The highest BCUT2D eigenvalue weighted by Gasteiger charge is 2.27. The van der Waals surface area contributed by atoms with Crippen LogP contribution in [-0.2, 0) is 6.54 Å². The van der Waals surface area contributed by atoms with Crippen molar-refractivity contribution >= 4 is 11.1 Å². The third kappa shape index (κ3) is 3.96. The molecular weight excluding hydrogens is 406 g/mol. The number of benzene rings is 2. The molecule has 0 saturated carbocycles. The number of methoxy groups -OCH3 is 2. The molecule has 1 fully saturated rings. The molecule has 7 nitrogen and oxygen atoms in total. The zero-order valence-electron chi connectivity index (χ0n) is 18.6. The van der Waals surface area contributed by atoms with Gasteiger partial charge >= 0.3 is 0 Å². The predicted molar refractivity (Wildman–Crippen MR) is 121 cm³/mol. The molecule has 0 aliphatic carbocycles. The first-order valence-corrected chi connectivity index (χ1v) is 10.9. The van der Waals surface area contributed by atoms with Gasteiger partial charge in [0.2, 0.25) is 5.89 Å². The second-order valence-electron chi connectivity index (χ2n) is 8.18. The fourth-order valence-corrected chi connectivity index (χ4v) is 4.34. The lowest BCUT2D eigenvalue weighted by molar-refractivity contribution is 0.185. The molecule has 7 heteroatoms. The van der Waals surface area contributed by atoms with E-state index < -0.39 is 0 Å². The summed E-state index contributed by atoms with van der Waals surface area (Å²) in [5, 5.41) is 0. The van der Waals surface area contributed by atoms with E-state index in [-0.39, 0.29) is 5.92 Å². The summed E-state index contributed by atoms with van der Waals surface area (Å²) in [6, 6.07) is 13.6. The normalized spacial score (nSPS) is 17.0. The van der Waals surface area contributed by atoms with Crippen molar-refractivity contribution in [1.82, 2.24) is 14.9 Å². The number of rotatable bonds is 6. The Kier molecular flexibility index (Phi) is 5.57. The Morgan fingerprint density at radius 1 is 1.06 bits per heavy atom. The molecule has 0 unspecified atom stereocenters. The Hall–Kier alpha value is -3.32. The van der Waals surface area contributed by atoms with Gasteiger partial charge in [0.05, 0.1) is 25.5 Å². The van der Waals surface area contributed by atoms with Gasteiger partial charge in [0, 0.05) is 25.1 Å². The number of aryl methyl sites for hydroxylation is 1. The molecule has 2 aromatic heterocycles. The van der Waals surface area contributed by atoms with Gasteiger partial charge in [-0.25, -0.2) is 9.97 Å². The van der Waals surface area contributed by atoms with Crippen molar-refractivity contribution in [3.8, 4) is 23.0 Å². The Morgan fingerprint density at radius 3 is 2.75 bits per heavy atom. The minimum absolute atomic E-state index is 0.282. The topological polar surface area (TPSA) is 73.8 Å². The predicted octanol–water partition coefficient (Wildman–Crippen LogP) is 5.19. The lowest BCUT2D eigenvalue weighted by Gasteiger charge is -2.30. The first-order valence-electron chi connectivity index (χ1n) is 10.9. The second-order valence-corrected chi connectivity index (χ2v) is 8.18. The molecule has 4 aromatic rings. The zero-order chi connectivity index (χ0) is 22.1. The van der Waals surface area contributed by atoms with E-state index in [1.165, 1.54) is 0 Å². The quantitative estimate of drug-likeness (QED) is 0.414. The fourth-order valence-electron chi connectivity index (χ4n) is 4.34. The molecule has 1 aliphatic rings.